The van der Waals surface area contributed by atoms with Gasteiger partial charge in [0.2, 0.25) is 5.91 Å². The minimum Gasteiger partial charge on any atom is -0.326 e. The number of carbonyl (C=O) groups is 1. The third kappa shape index (κ3) is 2.72. The largest absolute Gasteiger partial charge is 0.326 e. The Labute approximate surface area is 109 Å². The van der Waals surface area contributed by atoms with E-state index in [0.717, 1.165) is 31.6 Å². The molecule has 1 aliphatic rings. The van der Waals surface area contributed by atoms with Gasteiger partial charge < -0.3 is 10.6 Å². The minimum atomic E-state index is -0.311. The molecule has 1 heterocycles. The van der Waals surface area contributed by atoms with Gasteiger partial charge in [0, 0.05) is 17.6 Å². The van der Waals surface area contributed by atoms with Gasteiger partial charge in [-0.1, -0.05) is 26.8 Å². The summed E-state index contributed by atoms with van der Waals surface area (Å²) in [6.45, 7) is 7.93. The lowest BCUT2D eigenvalue weighted by Gasteiger charge is -2.23. The highest BCUT2D eigenvalue weighted by atomic mass is 16.2. The molecule has 0 aliphatic carbocycles. The smallest absolute Gasteiger partial charge is 0.230 e. The fourth-order valence-corrected chi connectivity index (χ4v) is 2.02. The summed E-state index contributed by atoms with van der Waals surface area (Å²) in [7, 11) is 0. The highest BCUT2D eigenvalue weighted by molar-refractivity contribution is 5.94. The van der Waals surface area contributed by atoms with Crippen LogP contribution in [0.1, 0.15) is 38.3 Å². The van der Waals surface area contributed by atoms with Gasteiger partial charge in [-0.2, -0.15) is 0 Å². The molecule has 0 fully saturated rings. The summed E-state index contributed by atoms with van der Waals surface area (Å²) in [4.78, 5) is 12.1. The van der Waals surface area contributed by atoms with E-state index in [1.54, 1.807) is 0 Å². The summed E-state index contributed by atoms with van der Waals surface area (Å²) in [5, 5.41) is 6.37. The molecule has 0 saturated heterocycles. The van der Waals surface area contributed by atoms with Crippen LogP contribution >= 0.6 is 0 Å². The van der Waals surface area contributed by atoms with Crippen molar-refractivity contribution >= 4 is 11.6 Å². The van der Waals surface area contributed by atoms with Crippen molar-refractivity contribution in [2.24, 2.45) is 5.41 Å². The summed E-state index contributed by atoms with van der Waals surface area (Å²) in [5.41, 5.74) is 3.28. The summed E-state index contributed by atoms with van der Waals surface area (Å²) < 4.78 is 0. The lowest BCUT2D eigenvalue weighted by atomic mass is 9.89. The van der Waals surface area contributed by atoms with E-state index in [1.165, 1.54) is 11.1 Å². The fraction of sp³-hybridized carbons (Fsp3) is 0.533. The Morgan fingerprint density at radius 2 is 2.17 bits per heavy atom. The molecule has 2 rings (SSSR count). The monoisotopic (exact) mass is 246 g/mol. The van der Waals surface area contributed by atoms with E-state index in [4.69, 9.17) is 0 Å². The van der Waals surface area contributed by atoms with E-state index in [9.17, 15) is 4.79 Å². The fourth-order valence-electron chi connectivity index (χ4n) is 2.02. The van der Waals surface area contributed by atoms with Gasteiger partial charge in [0.15, 0.2) is 0 Å². The Hall–Kier alpha value is -1.35. The molecule has 0 radical (unpaired) electrons. The van der Waals surface area contributed by atoms with Crippen LogP contribution in [0.15, 0.2) is 18.2 Å². The van der Waals surface area contributed by atoms with Gasteiger partial charge >= 0.3 is 0 Å². The molecule has 0 atom stereocenters. The maximum absolute atomic E-state index is 12.1. The summed E-state index contributed by atoms with van der Waals surface area (Å²) >= 11 is 0. The molecule has 3 nitrogen and oxygen atoms in total. The number of hydrogen-bond donors (Lipinski definition) is 2. The zero-order valence-electron chi connectivity index (χ0n) is 11.5. The van der Waals surface area contributed by atoms with Crippen molar-refractivity contribution in [3.05, 3.63) is 29.3 Å². The second-order valence-electron chi connectivity index (χ2n) is 5.60. The minimum absolute atomic E-state index is 0.0914. The van der Waals surface area contributed by atoms with Crippen LogP contribution in [-0.4, -0.2) is 12.5 Å². The predicted molar refractivity (Wildman–Crippen MR) is 74.6 cm³/mol. The molecule has 1 aliphatic heterocycles. The second-order valence-corrected chi connectivity index (χ2v) is 5.60. The first-order valence-corrected chi connectivity index (χ1v) is 6.67. The normalized spacial score (nSPS) is 15.1. The van der Waals surface area contributed by atoms with E-state index in [1.807, 2.05) is 26.8 Å². The quantitative estimate of drug-likeness (QED) is 0.861. The van der Waals surface area contributed by atoms with E-state index >= 15 is 0 Å². The molecule has 1 aromatic carbocycles. The van der Waals surface area contributed by atoms with Crippen molar-refractivity contribution in [2.75, 3.05) is 11.9 Å². The Balaban J connectivity index is 2.13. The molecule has 98 valence electrons. The molecule has 0 aromatic heterocycles. The summed E-state index contributed by atoms with van der Waals surface area (Å²) in [5.74, 6) is 0.0914. The van der Waals surface area contributed by atoms with Crippen LogP contribution in [0, 0.1) is 5.41 Å². The van der Waals surface area contributed by atoms with Crippen LogP contribution in [0.5, 0.6) is 0 Å². The molecule has 2 N–H and O–H groups in total. The molecule has 0 saturated carbocycles. The van der Waals surface area contributed by atoms with Crippen molar-refractivity contribution in [3.8, 4) is 0 Å². The zero-order chi connectivity index (χ0) is 13.2. The standard InChI is InChI=1S/C15H22N2O/c1-4-15(2,3)14(18)17-13-6-5-11-7-8-16-10-12(11)9-13/h5-6,9,16H,4,7-8,10H2,1-3H3,(H,17,18). The van der Waals surface area contributed by atoms with Crippen molar-refractivity contribution in [2.45, 2.75) is 40.2 Å². The van der Waals surface area contributed by atoms with Gasteiger partial charge in [-0.3, -0.25) is 4.79 Å². The number of nitrogens with one attached hydrogen (secondary N) is 2. The van der Waals surface area contributed by atoms with Crippen molar-refractivity contribution in [1.29, 1.82) is 0 Å². The second kappa shape index (κ2) is 5.11. The van der Waals surface area contributed by atoms with E-state index in [2.05, 4.69) is 22.8 Å². The molecular weight excluding hydrogens is 224 g/mol. The SMILES string of the molecule is CCC(C)(C)C(=O)Nc1ccc2c(c1)CNCC2. The van der Waals surface area contributed by atoms with Crippen LogP contribution in [0.3, 0.4) is 0 Å². The van der Waals surface area contributed by atoms with Crippen LogP contribution in [0.25, 0.3) is 0 Å². The van der Waals surface area contributed by atoms with E-state index < -0.39 is 0 Å². The predicted octanol–water partition coefficient (Wildman–Crippen LogP) is 2.71. The van der Waals surface area contributed by atoms with Crippen LogP contribution in [-0.2, 0) is 17.8 Å². The first-order chi connectivity index (χ1) is 8.53. The maximum atomic E-state index is 12.1. The topological polar surface area (TPSA) is 41.1 Å². The number of rotatable bonds is 3. The molecule has 0 bridgehead atoms. The van der Waals surface area contributed by atoms with Gasteiger partial charge in [-0.05, 0) is 42.6 Å². The number of fused-ring (bicyclic) bond motifs is 1. The zero-order valence-corrected chi connectivity index (χ0v) is 11.5. The molecule has 0 unspecified atom stereocenters. The molecule has 1 amide bonds. The first kappa shape index (κ1) is 13.1. The van der Waals surface area contributed by atoms with Crippen LogP contribution < -0.4 is 10.6 Å². The molecule has 1 aromatic rings. The highest BCUT2D eigenvalue weighted by Gasteiger charge is 2.25. The summed E-state index contributed by atoms with van der Waals surface area (Å²) in [6.07, 6.45) is 1.91. The van der Waals surface area contributed by atoms with Crippen molar-refractivity contribution < 1.29 is 4.79 Å². The number of benzene rings is 1. The average Bonchev–Trinajstić information content (AvgIpc) is 2.38. The van der Waals surface area contributed by atoms with Gasteiger partial charge in [0.25, 0.3) is 0 Å². The highest BCUT2D eigenvalue weighted by Crippen LogP contribution is 2.24. The van der Waals surface area contributed by atoms with E-state index in [-0.39, 0.29) is 11.3 Å². The Bertz CT molecular complexity index is 452. The maximum Gasteiger partial charge on any atom is 0.230 e. The Morgan fingerprint density at radius 3 is 2.89 bits per heavy atom. The number of amides is 1. The van der Waals surface area contributed by atoms with Crippen LogP contribution in [0.4, 0.5) is 5.69 Å². The van der Waals surface area contributed by atoms with E-state index in [0.29, 0.717) is 0 Å². The van der Waals surface area contributed by atoms with Gasteiger partial charge in [-0.25, -0.2) is 0 Å². The summed E-state index contributed by atoms with van der Waals surface area (Å²) in [6, 6.07) is 6.23. The third-order valence-electron chi connectivity index (χ3n) is 3.85. The Kier molecular flexibility index (Phi) is 3.71. The van der Waals surface area contributed by atoms with Crippen molar-refractivity contribution in [3.63, 3.8) is 0 Å². The third-order valence-corrected chi connectivity index (χ3v) is 3.85. The first-order valence-electron chi connectivity index (χ1n) is 6.67. The molecule has 0 spiro atoms. The van der Waals surface area contributed by atoms with Crippen LogP contribution in [0.2, 0.25) is 0 Å². The van der Waals surface area contributed by atoms with Gasteiger partial charge in [0.1, 0.15) is 0 Å². The number of anilines is 1. The average molecular weight is 246 g/mol. The number of carbonyl (C=O) groups excluding carboxylic acids is 1. The van der Waals surface area contributed by atoms with Gasteiger partial charge in [-0.15, -0.1) is 0 Å². The lowest BCUT2D eigenvalue weighted by Crippen LogP contribution is -2.30. The molecule has 3 heteroatoms. The van der Waals surface area contributed by atoms with Gasteiger partial charge in [0.05, 0.1) is 0 Å². The molecule has 18 heavy (non-hydrogen) atoms. The Morgan fingerprint density at radius 1 is 1.39 bits per heavy atom. The number of hydrogen-bond acceptors (Lipinski definition) is 2. The lowest BCUT2D eigenvalue weighted by molar-refractivity contribution is -0.124. The molecular formula is C15H22N2O. The van der Waals surface area contributed by atoms with Crippen molar-refractivity contribution in [1.82, 2.24) is 5.32 Å².